The maximum absolute atomic E-state index is 7.69. The Morgan fingerprint density at radius 1 is 1.90 bits per heavy atom. The average Bonchev–Trinajstić information content (AvgIpc) is 1.94. The van der Waals surface area contributed by atoms with Crippen molar-refractivity contribution in [1.82, 2.24) is 0 Å². The molecule has 0 N–H and O–H groups in total. The van der Waals surface area contributed by atoms with E-state index in [0.29, 0.717) is 5.92 Å². The monoisotopic (exact) mass is 137 g/mol. The van der Waals surface area contributed by atoms with E-state index in [1.165, 1.54) is 11.1 Å². The van der Waals surface area contributed by atoms with Gasteiger partial charge >= 0.3 is 0 Å². The summed E-state index contributed by atoms with van der Waals surface area (Å²) in [6.45, 7) is 8.04. The quantitative estimate of drug-likeness (QED) is 0.486. The normalized spacial score (nSPS) is 34.6. The molecule has 0 heteroatoms. The van der Waals surface area contributed by atoms with E-state index in [0.717, 1.165) is 12.8 Å². The van der Waals surface area contributed by atoms with Crippen molar-refractivity contribution >= 4 is 0 Å². The summed E-state index contributed by atoms with van der Waals surface area (Å²) in [5, 5.41) is 0. The lowest BCUT2D eigenvalue weighted by molar-refractivity contribution is 0.540. The Bertz CT molecular complexity index is 191. The lowest BCUT2D eigenvalue weighted by Gasteiger charge is -2.19. The minimum Gasteiger partial charge on any atom is -0.0998 e. The molecule has 0 saturated heterocycles. The summed E-state index contributed by atoms with van der Waals surface area (Å²) in [5.74, 6) is 0.557. The first-order chi connectivity index (χ1) is 5.11. The second kappa shape index (κ2) is 3.05. The van der Waals surface area contributed by atoms with Gasteiger partial charge < -0.3 is 0 Å². The van der Waals surface area contributed by atoms with Crippen LogP contribution < -0.4 is 0 Å². The highest BCUT2D eigenvalue weighted by Gasteiger charge is 2.11. The number of hydrogen-bond donors (Lipinski definition) is 0. The molecule has 2 atom stereocenters. The van der Waals surface area contributed by atoms with Crippen LogP contribution in [0.15, 0.2) is 23.8 Å². The summed E-state index contributed by atoms with van der Waals surface area (Å²) in [7, 11) is 0. The van der Waals surface area contributed by atoms with Crippen LogP contribution >= 0.6 is 0 Å². The third kappa shape index (κ3) is 1.73. The average molecular weight is 137 g/mol. The summed E-state index contributed by atoms with van der Waals surface area (Å²) in [6.07, 6.45) is 4.26. The Kier molecular flexibility index (Phi) is 1.89. The molecular formula is C10H16. The van der Waals surface area contributed by atoms with Crippen molar-refractivity contribution in [2.45, 2.75) is 33.1 Å². The summed E-state index contributed by atoms with van der Waals surface area (Å²) >= 11 is 0. The predicted molar refractivity (Wildman–Crippen MR) is 45.9 cm³/mol. The van der Waals surface area contributed by atoms with Gasteiger partial charge in [0.25, 0.3) is 0 Å². The molecular weight excluding hydrogens is 120 g/mol. The number of hydrogen-bond acceptors (Lipinski definition) is 0. The highest BCUT2D eigenvalue weighted by molar-refractivity contribution is 5.09. The Morgan fingerprint density at radius 2 is 2.60 bits per heavy atom. The highest BCUT2D eigenvalue weighted by atomic mass is 14.2. The second-order valence-corrected chi connectivity index (χ2v) is 3.17. The lowest BCUT2D eigenvalue weighted by atomic mass is 9.86. The van der Waals surface area contributed by atoms with Crippen LogP contribution in [0, 0.1) is 5.92 Å². The molecule has 0 saturated carbocycles. The zero-order chi connectivity index (χ0) is 8.43. The highest BCUT2D eigenvalue weighted by Crippen LogP contribution is 2.27. The molecule has 0 heterocycles. The van der Waals surface area contributed by atoms with Crippen molar-refractivity contribution < 1.29 is 1.37 Å². The molecule has 0 amide bonds. The molecule has 1 rings (SSSR count). The van der Waals surface area contributed by atoms with Gasteiger partial charge in [-0.25, -0.2) is 0 Å². The first kappa shape index (κ1) is 6.21. The molecule has 1 aliphatic carbocycles. The summed E-state index contributed by atoms with van der Waals surface area (Å²) < 4.78 is 7.69. The van der Waals surface area contributed by atoms with Crippen molar-refractivity contribution in [3.8, 4) is 0 Å². The van der Waals surface area contributed by atoms with Gasteiger partial charge in [0.05, 0.1) is 0 Å². The molecule has 0 aromatic rings. The van der Waals surface area contributed by atoms with E-state index in [4.69, 9.17) is 1.37 Å². The van der Waals surface area contributed by atoms with Crippen molar-refractivity contribution in [3.05, 3.63) is 23.8 Å². The molecule has 0 aliphatic heterocycles. The van der Waals surface area contributed by atoms with Gasteiger partial charge in [0.15, 0.2) is 0 Å². The number of rotatable bonds is 1. The van der Waals surface area contributed by atoms with E-state index < -0.39 is 0 Å². The number of allylic oxidation sites excluding steroid dienone is 3. The first-order valence-corrected chi connectivity index (χ1v) is 3.85. The third-order valence-corrected chi connectivity index (χ3v) is 2.15. The summed E-state index contributed by atoms with van der Waals surface area (Å²) in [4.78, 5) is 0. The lowest BCUT2D eigenvalue weighted by Crippen LogP contribution is -2.04. The topological polar surface area (TPSA) is 0 Å². The van der Waals surface area contributed by atoms with Crippen molar-refractivity contribution in [2.24, 2.45) is 5.92 Å². The van der Waals surface area contributed by atoms with Crippen LogP contribution in [0.5, 0.6) is 0 Å². The molecule has 0 aromatic heterocycles. The first-order valence-electron chi connectivity index (χ1n) is 4.43. The van der Waals surface area contributed by atoms with Gasteiger partial charge in [-0.3, -0.25) is 0 Å². The molecule has 0 nitrogen and oxygen atoms in total. The third-order valence-electron chi connectivity index (χ3n) is 2.15. The van der Waals surface area contributed by atoms with Crippen molar-refractivity contribution in [2.75, 3.05) is 0 Å². The van der Waals surface area contributed by atoms with E-state index >= 15 is 0 Å². The van der Waals surface area contributed by atoms with Crippen molar-refractivity contribution in [3.63, 3.8) is 0 Å². The summed E-state index contributed by atoms with van der Waals surface area (Å²) in [5.41, 5.74) is 2.45. The van der Waals surface area contributed by atoms with Gasteiger partial charge in [-0.05, 0) is 39.0 Å². The van der Waals surface area contributed by atoms with Crippen molar-refractivity contribution in [1.29, 1.82) is 0 Å². The Morgan fingerprint density at radius 3 is 3.10 bits per heavy atom. The van der Waals surface area contributed by atoms with E-state index in [1.807, 2.05) is 6.92 Å². The van der Waals surface area contributed by atoms with Crippen LogP contribution in [-0.4, -0.2) is 0 Å². The van der Waals surface area contributed by atoms with Crippen LogP contribution in [0.3, 0.4) is 0 Å². The second-order valence-electron chi connectivity index (χ2n) is 3.17. The largest absolute Gasteiger partial charge is 0.0998 e. The fourth-order valence-electron chi connectivity index (χ4n) is 1.24. The smallest absolute Gasteiger partial charge is 0.0313 e. The van der Waals surface area contributed by atoms with Gasteiger partial charge in [0, 0.05) is 1.37 Å². The van der Waals surface area contributed by atoms with Gasteiger partial charge in [-0.2, -0.15) is 0 Å². The van der Waals surface area contributed by atoms with Gasteiger partial charge in [-0.15, -0.1) is 0 Å². The maximum Gasteiger partial charge on any atom is 0.0313 e. The molecule has 0 fully saturated rings. The van der Waals surface area contributed by atoms with Crippen LogP contribution in [0.25, 0.3) is 0 Å². The van der Waals surface area contributed by atoms with Crippen LogP contribution in [0.2, 0.25) is 0 Å². The molecule has 1 unspecified atom stereocenters. The van der Waals surface area contributed by atoms with E-state index in [2.05, 4.69) is 19.6 Å². The van der Waals surface area contributed by atoms with Gasteiger partial charge in [-0.1, -0.05) is 23.8 Å². The van der Waals surface area contributed by atoms with Crippen LogP contribution in [0.4, 0.5) is 0 Å². The molecule has 0 spiro atoms. The fourth-order valence-corrected chi connectivity index (χ4v) is 1.24. The standard InChI is InChI=1S/C10H16/c1-8(2)10-6-4-9(3)5-7-10/h4,10H,1,5-7H2,2-3H3/t10-/m1/s1/i5D/t5?,10-. The molecule has 0 aromatic carbocycles. The van der Waals surface area contributed by atoms with E-state index in [1.54, 1.807) is 0 Å². The molecule has 0 radical (unpaired) electrons. The summed E-state index contributed by atoms with van der Waals surface area (Å²) in [6, 6.07) is 0. The molecule has 0 bridgehead atoms. The zero-order valence-electron chi connectivity index (χ0n) is 7.85. The van der Waals surface area contributed by atoms with E-state index in [9.17, 15) is 0 Å². The SMILES string of the molecule is [2H]C1C[C@H](C(=C)C)CC=C1C. The zero-order valence-corrected chi connectivity index (χ0v) is 6.85. The van der Waals surface area contributed by atoms with E-state index in [-0.39, 0.29) is 6.40 Å². The predicted octanol–water partition coefficient (Wildman–Crippen LogP) is 3.31. The Balaban J connectivity index is 2.62. The molecule has 1 aliphatic rings. The molecule has 56 valence electrons. The van der Waals surface area contributed by atoms with Gasteiger partial charge in [0.2, 0.25) is 0 Å². The Hall–Kier alpha value is -0.520. The van der Waals surface area contributed by atoms with Crippen LogP contribution in [0.1, 0.15) is 34.5 Å². The minimum atomic E-state index is 0.0189. The molecule has 10 heavy (non-hydrogen) atoms. The fraction of sp³-hybridized carbons (Fsp3) is 0.600. The Labute approximate surface area is 65.0 Å². The van der Waals surface area contributed by atoms with Gasteiger partial charge in [0.1, 0.15) is 0 Å². The maximum atomic E-state index is 7.69. The minimum absolute atomic E-state index is 0.0189. The van der Waals surface area contributed by atoms with Crippen LogP contribution in [-0.2, 0) is 0 Å².